The topological polar surface area (TPSA) is 110 Å². The van der Waals surface area contributed by atoms with Crippen LogP contribution in [0.25, 0.3) is 0 Å². The van der Waals surface area contributed by atoms with Gasteiger partial charge in [-0.2, -0.15) is 5.01 Å². The minimum absolute atomic E-state index is 0.00596. The molecule has 228 valence electrons. The molecule has 1 aliphatic heterocycles. The Morgan fingerprint density at radius 1 is 0.756 bits per heavy atom. The van der Waals surface area contributed by atoms with Crippen LogP contribution in [-0.4, -0.2) is 53.1 Å². The molecule has 0 bridgehead atoms. The quantitative estimate of drug-likeness (QED) is 0.0439. The van der Waals surface area contributed by atoms with Crippen molar-refractivity contribution >= 4 is 105 Å². The smallest absolute Gasteiger partial charge is 0.343 e. The van der Waals surface area contributed by atoms with Crippen LogP contribution in [0.5, 0.6) is 11.5 Å². The van der Waals surface area contributed by atoms with E-state index in [0.717, 1.165) is 5.01 Å². The number of fused-ring (bicyclic) bond motifs is 1. The van der Waals surface area contributed by atoms with Crippen LogP contribution in [0.3, 0.4) is 0 Å². The Morgan fingerprint density at radius 3 is 1.93 bits per heavy atom. The molecule has 1 aliphatic rings. The van der Waals surface area contributed by atoms with Crippen molar-refractivity contribution in [3.05, 3.63) is 124 Å². The van der Waals surface area contributed by atoms with Gasteiger partial charge in [-0.25, -0.2) is 9.80 Å². The van der Waals surface area contributed by atoms with Gasteiger partial charge in [0, 0.05) is 23.5 Å². The number of methoxy groups -OCH3 is 1. The highest BCUT2D eigenvalue weighted by Crippen LogP contribution is 2.45. The van der Waals surface area contributed by atoms with Gasteiger partial charge in [-0.05, 0) is 118 Å². The second-order valence-electron chi connectivity index (χ2n) is 9.34. The number of carbonyl (C=O) groups excluding carboxylic acids is 5. The second kappa shape index (κ2) is 13.6. The number of imide groups is 1. The molecule has 0 aliphatic carbocycles. The lowest BCUT2D eigenvalue weighted by molar-refractivity contribution is 0.00527. The van der Waals surface area contributed by atoms with Crippen molar-refractivity contribution in [2.45, 2.75) is 0 Å². The molecule has 1 heterocycles. The standard InChI is InChI=1S/C31H17Br4ClN2O7/c1-44-18-6-4-5-16(13-18)31(43)45-17-11-9-15(10-12-17)21(39)14-37(28(40)19-7-2-3-8-20(19)36)38-29(41)22-23(30(38)42)25(33)27(35)26(34)24(22)32/h2-13H,14H2,1H3. The van der Waals surface area contributed by atoms with E-state index in [2.05, 4.69) is 63.7 Å². The maximum Gasteiger partial charge on any atom is 0.343 e. The van der Waals surface area contributed by atoms with Crippen molar-refractivity contribution < 1.29 is 33.4 Å². The van der Waals surface area contributed by atoms with Gasteiger partial charge >= 0.3 is 5.97 Å². The number of hydrazine groups is 1. The maximum absolute atomic E-state index is 13.9. The molecule has 3 amide bonds. The summed E-state index contributed by atoms with van der Waals surface area (Å²) in [6, 6.07) is 18.1. The van der Waals surface area contributed by atoms with Crippen molar-refractivity contribution in [3.63, 3.8) is 0 Å². The lowest BCUT2D eigenvalue weighted by Crippen LogP contribution is -2.51. The van der Waals surface area contributed by atoms with E-state index in [0.29, 0.717) is 19.7 Å². The first-order valence-corrected chi connectivity index (χ1v) is 16.3. The Morgan fingerprint density at radius 2 is 1.36 bits per heavy atom. The van der Waals surface area contributed by atoms with Gasteiger partial charge in [0.25, 0.3) is 17.7 Å². The fourth-order valence-corrected chi connectivity index (χ4v) is 7.09. The molecular weight excluding hydrogens is 867 g/mol. The molecule has 4 aromatic rings. The van der Waals surface area contributed by atoms with Crippen LogP contribution in [0.4, 0.5) is 0 Å². The minimum atomic E-state index is -0.849. The molecule has 0 unspecified atom stereocenters. The lowest BCUT2D eigenvalue weighted by atomic mass is 10.1. The predicted octanol–water partition coefficient (Wildman–Crippen LogP) is 8.15. The normalized spacial score (nSPS) is 12.2. The molecule has 14 heteroatoms. The van der Waals surface area contributed by atoms with Crippen LogP contribution in [0.2, 0.25) is 5.02 Å². The maximum atomic E-state index is 13.9. The molecule has 4 aromatic carbocycles. The van der Waals surface area contributed by atoms with Crippen molar-refractivity contribution in [1.29, 1.82) is 0 Å². The van der Waals surface area contributed by atoms with E-state index in [1.54, 1.807) is 30.3 Å². The van der Waals surface area contributed by atoms with E-state index in [1.807, 2.05) is 0 Å². The third kappa shape index (κ3) is 6.36. The number of carbonyl (C=O) groups is 5. The first kappa shape index (κ1) is 33.0. The summed E-state index contributed by atoms with van der Waals surface area (Å²) < 4.78 is 12.0. The SMILES string of the molecule is COc1cccc(C(=O)Oc2ccc(C(=O)CN(C(=O)c3ccccc3Cl)N3C(=O)c4c(Br)c(Br)c(Br)c(Br)c4C3=O)cc2)c1. The van der Waals surface area contributed by atoms with E-state index in [9.17, 15) is 24.0 Å². The average Bonchev–Trinajstić information content (AvgIpc) is 3.31. The number of esters is 1. The molecule has 0 N–H and O–H groups in total. The van der Waals surface area contributed by atoms with Crippen molar-refractivity contribution in [2.75, 3.05) is 13.7 Å². The summed E-state index contributed by atoms with van der Waals surface area (Å²) in [5.74, 6) is -3.11. The fraction of sp³-hybridized carbons (Fsp3) is 0.0645. The molecule has 0 saturated carbocycles. The van der Waals surface area contributed by atoms with Crippen LogP contribution in [0, 0.1) is 0 Å². The van der Waals surface area contributed by atoms with E-state index < -0.39 is 36.0 Å². The third-order valence-corrected chi connectivity index (χ3v) is 11.7. The molecule has 0 atom stereocenters. The van der Waals surface area contributed by atoms with Crippen LogP contribution in [0.1, 0.15) is 51.8 Å². The van der Waals surface area contributed by atoms with E-state index >= 15 is 0 Å². The number of amides is 3. The summed E-state index contributed by atoms with van der Waals surface area (Å²) in [4.78, 5) is 67.5. The van der Waals surface area contributed by atoms with Gasteiger partial charge < -0.3 is 9.47 Å². The number of nitrogens with zero attached hydrogens (tertiary/aromatic N) is 2. The minimum Gasteiger partial charge on any atom is -0.497 e. The van der Waals surface area contributed by atoms with Crippen molar-refractivity contribution in [3.8, 4) is 11.5 Å². The fourth-order valence-electron chi connectivity index (χ4n) is 4.42. The summed E-state index contributed by atoms with van der Waals surface area (Å²) in [6.07, 6.45) is 0. The summed E-state index contributed by atoms with van der Waals surface area (Å²) in [7, 11) is 1.48. The van der Waals surface area contributed by atoms with Gasteiger partial charge in [0.05, 0.1) is 34.4 Å². The van der Waals surface area contributed by atoms with Crippen molar-refractivity contribution in [2.24, 2.45) is 0 Å². The highest BCUT2D eigenvalue weighted by atomic mass is 79.9. The summed E-state index contributed by atoms with van der Waals surface area (Å²) >= 11 is 19.8. The number of hydrogen-bond acceptors (Lipinski definition) is 7. The molecule has 5 rings (SSSR count). The number of rotatable bonds is 8. The number of Topliss-reactive ketones (excluding diaryl/α,β-unsaturated/α-hetero) is 1. The van der Waals surface area contributed by atoms with Crippen LogP contribution in [0.15, 0.2) is 90.7 Å². The predicted molar refractivity (Wildman–Crippen MR) is 179 cm³/mol. The average molecular weight is 885 g/mol. The molecule has 0 aromatic heterocycles. The van der Waals surface area contributed by atoms with Gasteiger partial charge in [-0.1, -0.05) is 29.8 Å². The number of hydrogen-bond donors (Lipinski definition) is 0. The van der Waals surface area contributed by atoms with Gasteiger partial charge in [0.2, 0.25) is 0 Å². The first-order chi connectivity index (χ1) is 21.4. The molecule has 0 radical (unpaired) electrons. The molecule has 0 spiro atoms. The molecular formula is C31H17Br4ClN2O7. The Hall–Kier alpha value is -3.36. The van der Waals surface area contributed by atoms with Gasteiger partial charge in [0.15, 0.2) is 5.78 Å². The Labute approximate surface area is 294 Å². The zero-order valence-corrected chi connectivity index (χ0v) is 29.9. The Bertz CT molecular complexity index is 1870. The van der Waals surface area contributed by atoms with Gasteiger partial charge in [-0.15, -0.1) is 0 Å². The van der Waals surface area contributed by atoms with Crippen LogP contribution >= 0.6 is 75.3 Å². The van der Waals surface area contributed by atoms with E-state index in [-0.39, 0.29) is 47.5 Å². The Kier molecular flexibility index (Phi) is 9.94. The number of ether oxygens (including phenoxy) is 2. The van der Waals surface area contributed by atoms with Crippen molar-refractivity contribution in [1.82, 2.24) is 10.0 Å². The first-order valence-electron chi connectivity index (χ1n) is 12.7. The molecule has 0 fully saturated rings. The van der Waals surface area contributed by atoms with Crippen LogP contribution in [-0.2, 0) is 0 Å². The third-order valence-electron chi connectivity index (χ3n) is 6.65. The van der Waals surface area contributed by atoms with Gasteiger partial charge in [0.1, 0.15) is 18.0 Å². The lowest BCUT2D eigenvalue weighted by Gasteiger charge is -2.29. The molecule has 9 nitrogen and oxygen atoms in total. The molecule has 0 saturated heterocycles. The monoisotopic (exact) mass is 880 g/mol. The largest absolute Gasteiger partial charge is 0.497 e. The highest BCUT2D eigenvalue weighted by molar-refractivity contribution is 9.15. The summed E-state index contributed by atoms with van der Waals surface area (Å²) in [5.41, 5.74) is 0.352. The highest BCUT2D eigenvalue weighted by Gasteiger charge is 2.46. The Balaban J connectivity index is 1.45. The summed E-state index contributed by atoms with van der Waals surface area (Å²) in [6.45, 7) is -0.698. The molecule has 45 heavy (non-hydrogen) atoms. The van der Waals surface area contributed by atoms with E-state index in [4.69, 9.17) is 21.1 Å². The van der Waals surface area contributed by atoms with E-state index in [1.165, 1.54) is 49.6 Å². The van der Waals surface area contributed by atoms with Gasteiger partial charge in [-0.3, -0.25) is 19.2 Å². The number of halogens is 5. The number of benzene rings is 4. The zero-order chi connectivity index (χ0) is 32.6. The zero-order valence-electron chi connectivity index (χ0n) is 22.8. The summed E-state index contributed by atoms with van der Waals surface area (Å²) in [5, 5.41) is 1.46. The van der Waals surface area contributed by atoms with Crippen LogP contribution < -0.4 is 9.47 Å². The second-order valence-corrected chi connectivity index (χ2v) is 12.9. The number of ketones is 1.